The first kappa shape index (κ1) is 10.2. The summed E-state index contributed by atoms with van der Waals surface area (Å²) in [5, 5.41) is 0. The Hall–Kier alpha value is -1.35. The molecule has 0 radical (unpaired) electrons. The van der Waals surface area contributed by atoms with Gasteiger partial charge in [0, 0.05) is 28.8 Å². The number of aromatic nitrogens is 3. The topological polar surface area (TPSA) is 41.6 Å². The van der Waals surface area contributed by atoms with E-state index < -0.39 is 0 Å². The third kappa shape index (κ3) is 2.18. The lowest BCUT2D eigenvalue weighted by Gasteiger charge is -2.00. The second-order valence-corrected chi connectivity index (χ2v) is 3.80. The summed E-state index contributed by atoms with van der Waals surface area (Å²) in [6.07, 6.45) is 1.76. The fourth-order valence-corrected chi connectivity index (χ4v) is 1.68. The third-order valence-electron chi connectivity index (χ3n) is 2.13. The van der Waals surface area contributed by atoms with Crippen LogP contribution in [0.2, 0.25) is 0 Å². The molecule has 2 rings (SSSR count). The van der Waals surface area contributed by atoms with Crippen LogP contribution in [0.4, 0.5) is 0 Å². The molecule has 0 aliphatic carbocycles. The van der Waals surface area contributed by atoms with Crippen molar-refractivity contribution in [1.29, 1.82) is 0 Å². The molecule has 0 aromatic carbocycles. The molecule has 0 saturated heterocycles. The Morgan fingerprint density at radius 3 is 2.47 bits per heavy atom. The van der Waals surface area contributed by atoms with Crippen LogP contribution in [0.25, 0.3) is 11.4 Å². The minimum atomic E-state index is 0.454. The van der Waals surface area contributed by atoms with Crippen molar-refractivity contribution in [2.75, 3.05) is 0 Å². The second-order valence-electron chi connectivity index (χ2n) is 3.53. The molecule has 1 N–H and O–H groups in total. The zero-order valence-electron chi connectivity index (χ0n) is 8.71. The van der Waals surface area contributed by atoms with E-state index in [2.05, 4.69) is 15.0 Å². The summed E-state index contributed by atoms with van der Waals surface area (Å²) >= 11 is 5.71. The Morgan fingerprint density at radius 2 is 1.93 bits per heavy atom. The maximum Gasteiger partial charge on any atom is 0.137 e. The smallest absolute Gasteiger partial charge is 0.137 e. The summed E-state index contributed by atoms with van der Waals surface area (Å²) in [6, 6.07) is 4.01. The number of aryl methyl sites for hydroxylation is 2. The molecule has 0 spiro atoms. The predicted octanol–water partition coefficient (Wildman–Crippen LogP) is 2.83. The lowest BCUT2D eigenvalue weighted by atomic mass is 10.2. The van der Waals surface area contributed by atoms with Crippen molar-refractivity contribution in [3.05, 3.63) is 35.4 Å². The monoisotopic (exact) mass is 221 g/mol. The molecule has 0 amide bonds. The van der Waals surface area contributed by atoms with Crippen LogP contribution in [0.5, 0.6) is 0 Å². The largest absolute Gasteiger partial charge is 0.341 e. The Balaban J connectivity index is 2.44. The van der Waals surface area contributed by atoms with Gasteiger partial charge in [0.2, 0.25) is 0 Å². The fraction of sp³-hybridized carbons (Fsp3) is 0.273. The first-order chi connectivity index (χ1) is 7.19. The Kier molecular flexibility index (Phi) is 2.73. The number of H-pyrrole nitrogens is 1. The maximum absolute atomic E-state index is 5.71. The van der Waals surface area contributed by atoms with Gasteiger partial charge in [0.1, 0.15) is 5.82 Å². The molecule has 0 aliphatic rings. The number of nitrogens with zero attached hydrogens (tertiary/aromatic N) is 2. The SMILES string of the molecule is Cc1cc(-c2ncc(CCl)[nH]2)cc(C)n1. The number of imidazole rings is 1. The molecule has 3 nitrogen and oxygen atoms in total. The molecule has 4 heteroatoms. The van der Waals surface area contributed by atoms with E-state index in [0.717, 1.165) is 28.5 Å². The van der Waals surface area contributed by atoms with Crippen molar-refractivity contribution >= 4 is 11.6 Å². The normalized spacial score (nSPS) is 10.6. The standard InChI is InChI=1S/C11H12ClN3/c1-7-3-9(4-8(2)14-7)11-13-6-10(5-12)15-11/h3-4,6H,5H2,1-2H3,(H,13,15). The van der Waals surface area contributed by atoms with Gasteiger partial charge in [0.15, 0.2) is 0 Å². The van der Waals surface area contributed by atoms with Gasteiger partial charge < -0.3 is 4.98 Å². The Morgan fingerprint density at radius 1 is 1.27 bits per heavy atom. The lowest BCUT2D eigenvalue weighted by Crippen LogP contribution is -1.89. The third-order valence-corrected chi connectivity index (χ3v) is 2.42. The molecule has 0 aliphatic heterocycles. The summed E-state index contributed by atoms with van der Waals surface area (Å²) in [5.41, 5.74) is 3.97. The van der Waals surface area contributed by atoms with E-state index in [9.17, 15) is 0 Å². The van der Waals surface area contributed by atoms with E-state index in [4.69, 9.17) is 11.6 Å². The number of rotatable bonds is 2. The molecule has 0 bridgehead atoms. The number of hydrogen-bond acceptors (Lipinski definition) is 2. The summed E-state index contributed by atoms with van der Waals surface area (Å²) < 4.78 is 0. The molecular weight excluding hydrogens is 210 g/mol. The molecule has 0 unspecified atom stereocenters. The number of hydrogen-bond donors (Lipinski definition) is 1. The molecule has 78 valence electrons. The summed E-state index contributed by atoms with van der Waals surface area (Å²) in [7, 11) is 0. The van der Waals surface area contributed by atoms with Gasteiger partial charge in [-0.05, 0) is 26.0 Å². The van der Waals surface area contributed by atoms with Gasteiger partial charge in [-0.1, -0.05) is 0 Å². The highest BCUT2D eigenvalue weighted by atomic mass is 35.5. The number of pyridine rings is 1. The van der Waals surface area contributed by atoms with Gasteiger partial charge in [0.25, 0.3) is 0 Å². The number of aromatic amines is 1. The van der Waals surface area contributed by atoms with Gasteiger partial charge in [-0.2, -0.15) is 0 Å². The molecule has 2 aromatic heterocycles. The predicted molar refractivity (Wildman–Crippen MR) is 60.8 cm³/mol. The molecule has 0 atom stereocenters. The van der Waals surface area contributed by atoms with Crippen LogP contribution in [0.1, 0.15) is 17.1 Å². The van der Waals surface area contributed by atoms with Crippen LogP contribution in [0.15, 0.2) is 18.3 Å². The average molecular weight is 222 g/mol. The van der Waals surface area contributed by atoms with E-state index in [1.807, 2.05) is 26.0 Å². The van der Waals surface area contributed by atoms with Crippen molar-refractivity contribution in [3.63, 3.8) is 0 Å². The molecule has 0 fully saturated rings. The lowest BCUT2D eigenvalue weighted by molar-refractivity contribution is 1.11. The van der Waals surface area contributed by atoms with Crippen molar-refractivity contribution in [3.8, 4) is 11.4 Å². The van der Waals surface area contributed by atoms with E-state index in [-0.39, 0.29) is 0 Å². The van der Waals surface area contributed by atoms with Crippen molar-refractivity contribution < 1.29 is 0 Å². The van der Waals surface area contributed by atoms with Crippen LogP contribution in [-0.2, 0) is 5.88 Å². The highest BCUT2D eigenvalue weighted by Crippen LogP contribution is 2.17. The van der Waals surface area contributed by atoms with E-state index in [0.29, 0.717) is 5.88 Å². The molecule has 15 heavy (non-hydrogen) atoms. The van der Waals surface area contributed by atoms with Crippen LogP contribution in [-0.4, -0.2) is 15.0 Å². The highest BCUT2D eigenvalue weighted by molar-refractivity contribution is 6.16. The zero-order chi connectivity index (χ0) is 10.8. The molecule has 0 saturated carbocycles. The Bertz CT molecular complexity index is 456. The zero-order valence-corrected chi connectivity index (χ0v) is 9.47. The van der Waals surface area contributed by atoms with Crippen LogP contribution in [0.3, 0.4) is 0 Å². The summed E-state index contributed by atoms with van der Waals surface area (Å²) in [4.78, 5) is 11.8. The van der Waals surface area contributed by atoms with Gasteiger partial charge in [-0.15, -0.1) is 11.6 Å². The van der Waals surface area contributed by atoms with E-state index >= 15 is 0 Å². The number of halogens is 1. The van der Waals surface area contributed by atoms with Crippen LogP contribution < -0.4 is 0 Å². The van der Waals surface area contributed by atoms with Gasteiger partial charge in [-0.3, -0.25) is 4.98 Å². The maximum atomic E-state index is 5.71. The fourth-order valence-electron chi connectivity index (χ4n) is 1.54. The van der Waals surface area contributed by atoms with E-state index in [1.54, 1.807) is 6.20 Å². The highest BCUT2D eigenvalue weighted by Gasteiger charge is 2.04. The molecular formula is C11H12ClN3. The van der Waals surface area contributed by atoms with Crippen molar-refractivity contribution in [2.45, 2.75) is 19.7 Å². The Labute approximate surface area is 93.5 Å². The average Bonchev–Trinajstić information content (AvgIpc) is 2.64. The molecule has 2 heterocycles. The van der Waals surface area contributed by atoms with Crippen molar-refractivity contribution in [2.24, 2.45) is 0 Å². The first-order valence-electron chi connectivity index (χ1n) is 4.74. The summed E-state index contributed by atoms with van der Waals surface area (Å²) in [6.45, 7) is 3.95. The summed E-state index contributed by atoms with van der Waals surface area (Å²) in [5.74, 6) is 1.30. The number of nitrogens with one attached hydrogen (secondary N) is 1. The first-order valence-corrected chi connectivity index (χ1v) is 5.28. The quantitative estimate of drug-likeness (QED) is 0.793. The minimum absolute atomic E-state index is 0.454. The van der Waals surface area contributed by atoms with Crippen LogP contribution >= 0.6 is 11.6 Å². The van der Waals surface area contributed by atoms with Gasteiger partial charge in [0.05, 0.1) is 5.88 Å². The van der Waals surface area contributed by atoms with Crippen LogP contribution in [0, 0.1) is 13.8 Å². The second kappa shape index (κ2) is 4.03. The van der Waals surface area contributed by atoms with E-state index in [1.165, 1.54) is 0 Å². The van der Waals surface area contributed by atoms with Gasteiger partial charge in [-0.25, -0.2) is 4.98 Å². The number of alkyl halides is 1. The van der Waals surface area contributed by atoms with Gasteiger partial charge >= 0.3 is 0 Å². The minimum Gasteiger partial charge on any atom is -0.341 e. The molecule has 2 aromatic rings. The van der Waals surface area contributed by atoms with Crippen molar-refractivity contribution in [1.82, 2.24) is 15.0 Å².